The summed E-state index contributed by atoms with van der Waals surface area (Å²) in [5, 5.41) is 0. The van der Waals surface area contributed by atoms with Gasteiger partial charge in [-0.25, -0.2) is 0 Å². The van der Waals surface area contributed by atoms with Crippen LogP contribution in [0.3, 0.4) is 0 Å². The molecular weight excluding hydrogens is 726 g/mol. The fourth-order valence-corrected chi connectivity index (χ4v) is 20.1. The van der Waals surface area contributed by atoms with Gasteiger partial charge in [0, 0.05) is 0 Å². The molecular formula is C51H48BGeNO. The number of hydrogen-bond donors (Lipinski definition) is 0. The van der Waals surface area contributed by atoms with Gasteiger partial charge in [-0.15, -0.1) is 0 Å². The Morgan fingerprint density at radius 1 is 0.473 bits per heavy atom. The molecule has 7 aromatic carbocycles. The number of fused-ring (bicyclic) bond motifs is 4. The van der Waals surface area contributed by atoms with Crippen LogP contribution in [0.25, 0.3) is 0 Å². The predicted octanol–water partition coefficient (Wildman–Crippen LogP) is 8.84. The van der Waals surface area contributed by atoms with Crippen LogP contribution >= 0.6 is 0 Å². The van der Waals surface area contributed by atoms with Crippen molar-refractivity contribution in [3.05, 3.63) is 180 Å². The monoisotopic (exact) mass is 775 g/mol. The van der Waals surface area contributed by atoms with Crippen LogP contribution in [-0.2, 0) is 0 Å². The van der Waals surface area contributed by atoms with Gasteiger partial charge in [-0.05, 0) is 5.92 Å². The molecule has 7 aromatic rings. The summed E-state index contributed by atoms with van der Waals surface area (Å²) in [6, 6.07) is 61.6. The summed E-state index contributed by atoms with van der Waals surface area (Å²) in [5.74, 6) is 3.09. The number of benzene rings is 7. The van der Waals surface area contributed by atoms with E-state index in [0.29, 0.717) is 17.8 Å². The summed E-state index contributed by atoms with van der Waals surface area (Å²) >= 11 is -3.47. The predicted molar refractivity (Wildman–Crippen MR) is 238 cm³/mol. The number of rotatable bonds is 7. The van der Waals surface area contributed by atoms with Crippen LogP contribution in [0.15, 0.2) is 164 Å². The molecule has 0 atom stereocenters. The molecule has 9 rings (SSSR count). The first-order valence-corrected chi connectivity index (χ1v) is 24.2. The second-order valence-corrected chi connectivity index (χ2v) is 24.1. The van der Waals surface area contributed by atoms with Crippen LogP contribution in [0.4, 0.5) is 17.1 Å². The molecule has 0 unspecified atom stereocenters. The molecule has 0 saturated heterocycles. The minimum absolute atomic E-state index is 0.0600. The Hall–Kier alpha value is -5.25. The van der Waals surface area contributed by atoms with Crippen molar-refractivity contribution >= 4 is 71.0 Å². The summed E-state index contributed by atoms with van der Waals surface area (Å²) in [5.41, 5.74) is 11.8. The third-order valence-corrected chi connectivity index (χ3v) is 22.2. The minimum atomic E-state index is -3.47. The third-order valence-electron chi connectivity index (χ3n) is 12.0. The van der Waals surface area contributed by atoms with Gasteiger partial charge >= 0.3 is 312 Å². The molecule has 0 bridgehead atoms. The van der Waals surface area contributed by atoms with Crippen LogP contribution in [-0.4, -0.2) is 20.0 Å². The Labute approximate surface area is 330 Å². The first-order chi connectivity index (χ1) is 26.8. The number of hydrogen-bond acceptors (Lipinski definition) is 2. The summed E-state index contributed by atoms with van der Waals surface area (Å²) in [4.78, 5) is 2.50. The molecule has 0 radical (unpaired) electrons. The summed E-state index contributed by atoms with van der Waals surface area (Å²) in [7, 11) is 0. The Morgan fingerprint density at radius 2 is 0.964 bits per heavy atom. The average molecular weight is 774 g/mol. The molecule has 0 N–H and O–H groups in total. The Morgan fingerprint density at radius 3 is 1.51 bits per heavy atom. The summed E-state index contributed by atoms with van der Waals surface area (Å²) in [6.07, 6.45) is 0. The van der Waals surface area contributed by atoms with Crippen LogP contribution in [0, 0.1) is 0 Å². The van der Waals surface area contributed by atoms with Gasteiger partial charge in [-0.3, -0.25) is 0 Å². The Balaban J connectivity index is 1.28. The van der Waals surface area contributed by atoms with Crippen molar-refractivity contribution in [2.45, 2.75) is 59.3 Å². The van der Waals surface area contributed by atoms with Gasteiger partial charge in [-0.1, -0.05) is 13.8 Å². The second-order valence-electron chi connectivity index (χ2n) is 16.2. The Bertz CT molecular complexity index is 2410. The third kappa shape index (κ3) is 5.70. The van der Waals surface area contributed by atoms with Crippen molar-refractivity contribution in [2.75, 3.05) is 4.90 Å². The van der Waals surface area contributed by atoms with E-state index in [4.69, 9.17) is 4.74 Å². The normalized spacial score (nSPS) is 14.0. The van der Waals surface area contributed by atoms with E-state index in [2.05, 4.69) is 210 Å². The SMILES string of the molecule is CC(C)c1cc(C(C)C)c(B2c3ccccc3Oc3cc(N4c5cccc[c]5[Ge]([c]5ccccc5)([c]5ccccc5)[c]5ccccc54)ccc32)c(C(C)C)c1. The number of para-hydroxylation sites is 3. The van der Waals surface area contributed by atoms with Gasteiger partial charge in [0.25, 0.3) is 0 Å². The molecule has 0 amide bonds. The topological polar surface area (TPSA) is 12.5 Å². The van der Waals surface area contributed by atoms with E-state index in [-0.39, 0.29) is 6.71 Å². The molecule has 0 spiro atoms. The Kier molecular flexibility index (Phi) is 9.09. The molecule has 0 fully saturated rings. The molecule has 2 nitrogen and oxygen atoms in total. The van der Waals surface area contributed by atoms with Crippen molar-refractivity contribution in [3.63, 3.8) is 0 Å². The fourth-order valence-electron chi connectivity index (χ4n) is 9.43. The van der Waals surface area contributed by atoms with Crippen LogP contribution in [0.1, 0.15) is 76.0 Å². The van der Waals surface area contributed by atoms with Crippen LogP contribution in [0.5, 0.6) is 11.5 Å². The first-order valence-electron chi connectivity index (χ1n) is 20.0. The van der Waals surface area contributed by atoms with Gasteiger partial charge in [0.05, 0.1) is 0 Å². The molecule has 0 saturated carbocycles. The van der Waals surface area contributed by atoms with Crippen LogP contribution in [0.2, 0.25) is 0 Å². The van der Waals surface area contributed by atoms with E-state index in [1.165, 1.54) is 62.0 Å². The van der Waals surface area contributed by atoms with Gasteiger partial charge < -0.3 is 0 Å². The van der Waals surface area contributed by atoms with E-state index >= 15 is 0 Å². The average Bonchev–Trinajstić information content (AvgIpc) is 3.21. The first kappa shape index (κ1) is 35.4. The molecule has 2 aliphatic heterocycles. The van der Waals surface area contributed by atoms with E-state index in [0.717, 1.165) is 17.2 Å². The van der Waals surface area contributed by atoms with Gasteiger partial charge in [0.15, 0.2) is 0 Å². The van der Waals surface area contributed by atoms with Gasteiger partial charge in [0.1, 0.15) is 0 Å². The van der Waals surface area contributed by atoms with E-state index < -0.39 is 13.3 Å². The van der Waals surface area contributed by atoms with Crippen LogP contribution < -0.4 is 43.6 Å². The van der Waals surface area contributed by atoms with Crippen molar-refractivity contribution in [1.29, 1.82) is 0 Å². The fraction of sp³-hybridized carbons (Fsp3) is 0.176. The molecule has 4 heteroatoms. The standard InChI is InChI=1S/C51H48BGeNO/c1-34(2)37-31-41(35(3)4)51(42(32-37)36(5)6)52-43-23-13-18-28-49(43)55-50-33-40(29-30-44(50)52)54-47-26-16-14-24-45(47)53(38-19-9-7-10-20-38,39-21-11-8-12-22-39)46-25-15-17-27-48(46)54/h7-36H,1-6H3. The number of nitrogens with zero attached hydrogens (tertiary/aromatic N) is 1. The molecule has 270 valence electrons. The van der Waals surface area contributed by atoms with E-state index in [9.17, 15) is 0 Å². The summed E-state index contributed by atoms with van der Waals surface area (Å²) in [6.45, 7) is 14.1. The van der Waals surface area contributed by atoms with Crippen molar-refractivity contribution in [2.24, 2.45) is 0 Å². The van der Waals surface area contributed by atoms with Crippen molar-refractivity contribution in [1.82, 2.24) is 0 Å². The van der Waals surface area contributed by atoms with Gasteiger partial charge in [-0.2, -0.15) is 0 Å². The molecule has 55 heavy (non-hydrogen) atoms. The molecule has 2 aliphatic rings. The van der Waals surface area contributed by atoms with E-state index in [1.54, 1.807) is 0 Å². The van der Waals surface area contributed by atoms with Crippen molar-refractivity contribution < 1.29 is 4.74 Å². The zero-order chi connectivity index (χ0) is 37.8. The van der Waals surface area contributed by atoms with Crippen molar-refractivity contribution in [3.8, 4) is 11.5 Å². The van der Waals surface area contributed by atoms with Gasteiger partial charge in [0.2, 0.25) is 0 Å². The van der Waals surface area contributed by atoms with E-state index in [1.807, 2.05) is 0 Å². The molecule has 2 heterocycles. The molecule has 0 aliphatic carbocycles. The second kappa shape index (κ2) is 14.1. The zero-order valence-electron chi connectivity index (χ0n) is 32.8. The zero-order valence-corrected chi connectivity index (χ0v) is 34.9. The molecule has 0 aromatic heterocycles. The quantitative estimate of drug-likeness (QED) is 0.150. The maximum absolute atomic E-state index is 6.96. The summed E-state index contributed by atoms with van der Waals surface area (Å²) < 4.78 is 12.7. The number of ether oxygens (including phenoxy) is 1. The maximum atomic E-state index is 6.96. The number of anilines is 3.